The van der Waals surface area contributed by atoms with Gasteiger partial charge in [-0.2, -0.15) is 0 Å². The zero-order valence-electron chi connectivity index (χ0n) is 13.4. The molecular formula is C17H24N4O. The van der Waals surface area contributed by atoms with Gasteiger partial charge in [0.25, 0.3) is 5.56 Å². The Morgan fingerprint density at radius 2 is 2.27 bits per heavy atom. The van der Waals surface area contributed by atoms with Crippen molar-refractivity contribution in [2.75, 3.05) is 19.6 Å². The van der Waals surface area contributed by atoms with Gasteiger partial charge in [0, 0.05) is 31.4 Å². The minimum Gasteiger partial charge on any atom is -0.310 e. The van der Waals surface area contributed by atoms with Crippen LogP contribution in [0.1, 0.15) is 31.0 Å². The summed E-state index contributed by atoms with van der Waals surface area (Å²) in [5.41, 5.74) is 2.64. The van der Waals surface area contributed by atoms with Crippen molar-refractivity contribution < 1.29 is 0 Å². The summed E-state index contributed by atoms with van der Waals surface area (Å²) in [4.78, 5) is 19.2. The molecule has 5 nitrogen and oxygen atoms in total. The molecule has 2 aromatic heterocycles. The lowest BCUT2D eigenvalue weighted by atomic mass is 10.2. The molecule has 0 unspecified atom stereocenters. The van der Waals surface area contributed by atoms with Crippen molar-refractivity contribution in [2.24, 2.45) is 0 Å². The summed E-state index contributed by atoms with van der Waals surface area (Å²) in [7, 11) is 0. The highest BCUT2D eigenvalue weighted by atomic mass is 16.1. The van der Waals surface area contributed by atoms with Crippen LogP contribution in [0.4, 0.5) is 0 Å². The maximum absolute atomic E-state index is 12.1. The number of pyridine rings is 1. The van der Waals surface area contributed by atoms with E-state index >= 15 is 0 Å². The van der Waals surface area contributed by atoms with Gasteiger partial charge < -0.3 is 5.32 Å². The van der Waals surface area contributed by atoms with Crippen LogP contribution in [0, 0.1) is 6.92 Å². The van der Waals surface area contributed by atoms with Crippen LogP contribution in [0.3, 0.4) is 0 Å². The van der Waals surface area contributed by atoms with Gasteiger partial charge in [-0.3, -0.25) is 14.1 Å². The van der Waals surface area contributed by atoms with Crippen molar-refractivity contribution in [3.63, 3.8) is 0 Å². The topological polar surface area (TPSA) is 49.6 Å². The number of aryl methyl sites for hydroxylation is 1. The zero-order valence-corrected chi connectivity index (χ0v) is 13.4. The first-order valence-electron chi connectivity index (χ1n) is 8.11. The number of nitrogens with one attached hydrogen (secondary N) is 1. The van der Waals surface area contributed by atoms with Gasteiger partial charge in [-0.15, -0.1) is 0 Å². The van der Waals surface area contributed by atoms with Crippen LogP contribution in [-0.2, 0) is 6.54 Å². The smallest absolute Gasteiger partial charge is 0.258 e. The molecular weight excluding hydrogens is 276 g/mol. The molecule has 1 N–H and O–H groups in total. The lowest BCUT2D eigenvalue weighted by Crippen LogP contribution is -2.37. The summed E-state index contributed by atoms with van der Waals surface area (Å²) in [5.74, 6) is 0. The molecule has 0 bridgehead atoms. The number of likely N-dealkylation sites (N-methyl/N-ethyl adjacent to an activating group) is 1. The average Bonchev–Trinajstić information content (AvgIpc) is 2.94. The highest BCUT2D eigenvalue weighted by molar-refractivity contribution is 5.41. The fraction of sp³-hybridized carbons (Fsp3) is 0.529. The normalized spacial score (nSPS) is 19.1. The van der Waals surface area contributed by atoms with Crippen molar-refractivity contribution in [2.45, 2.75) is 39.3 Å². The second-order valence-electron chi connectivity index (χ2n) is 6.07. The molecule has 1 aliphatic rings. The van der Waals surface area contributed by atoms with Crippen molar-refractivity contribution in [3.05, 3.63) is 46.0 Å². The van der Waals surface area contributed by atoms with E-state index in [9.17, 15) is 4.79 Å². The Morgan fingerprint density at radius 1 is 1.41 bits per heavy atom. The number of fused-ring (bicyclic) bond motifs is 1. The second kappa shape index (κ2) is 6.58. The van der Waals surface area contributed by atoms with E-state index in [2.05, 4.69) is 22.1 Å². The minimum absolute atomic E-state index is 0.0159. The fourth-order valence-electron chi connectivity index (χ4n) is 3.25. The SMILES string of the molecule is CCN1CCC[C@H]1CNCc1cc(=O)n2ccc(C)cc2n1. The van der Waals surface area contributed by atoms with Gasteiger partial charge in [0.15, 0.2) is 0 Å². The third kappa shape index (κ3) is 3.20. The molecule has 3 rings (SSSR count). The first-order chi connectivity index (χ1) is 10.7. The molecule has 1 saturated heterocycles. The van der Waals surface area contributed by atoms with Crippen molar-refractivity contribution in [3.8, 4) is 0 Å². The lowest BCUT2D eigenvalue weighted by Gasteiger charge is -2.22. The van der Waals surface area contributed by atoms with Crippen LogP contribution in [-0.4, -0.2) is 40.0 Å². The zero-order chi connectivity index (χ0) is 15.5. The summed E-state index contributed by atoms with van der Waals surface area (Å²) in [6.45, 7) is 8.15. The molecule has 1 aliphatic heterocycles. The van der Waals surface area contributed by atoms with Crippen LogP contribution in [0.25, 0.3) is 5.65 Å². The van der Waals surface area contributed by atoms with E-state index in [1.54, 1.807) is 16.7 Å². The molecule has 1 fully saturated rings. The predicted octanol–water partition coefficient (Wildman–Crippen LogP) is 1.58. The van der Waals surface area contributed by atoms with E-state index in [-0.39, 0.29) is 5.56 Å². The van der Waals surface area contributed by atoms with Gasteiger partial charge in [-0.25, -0.2) is 4.98 Å². The molecule has 0 aliphatic carbocycles. The van der Waals surface area contributed by atoms with Gasteiger partial charge in [0.05, 0.1) is 5.69 Å². The summed E-state index contributed by atoms with van der Waals surface area (Å²) >= 11 is 0. The lowest BCUT2D eigenvalue weighted by molar-refractivity contribution is 0.259. The highest BCUT2D eigenvalue weighted by Crippen LogP contribution is 2.15. The van der Waals surface area contributed by atoms with Crippen molar-refractivity contribution in [1.82, 2.24) is 19.6 Å². The van der Waals surface area contributed by atoms with Crippen molar-refractivity contribution in [1.29, 1.82) is 0 Å². The Kier molecular flexibility index (Phi) is 4.55. The van der Waals surface area contributed by atoms with Gasteiger partial charge in [-0.1, -0.05) is 6.92 Å². The largest absolute Gasteiger partial charge is 0.310 e. The Hall–Kier alpha value is -1.72. The van der Waals surface area contributed by atoms with Crippen molar-refractivity contribution >= 4 is 5.65 Å². The Labute approximate surface area is 131 Å². The summed E-state index contributed by atoms with van der Waals surface area (Å²) < 4.78 is 1.59. The molecule has 0 radical (unpaired) electrons. The van der Waals surface area contributed by atoms with E-state index in [0.29, 0.717) is 12.6 Å². The molecule has 3 heterocycles. The van der Waals surface area contributed by atoms with Crippen LogP contribution < -0.4 is 10.9 Å². The molecule has 0 spiro atoms. The molecule has 0 amide bonds. The van der Waals surface area contributed by atoms with Gasteiger partial charge in [0.1, 0.15) is 5.65 Å². The summed E-state index contributed by atoms with van der Waals surface area (Å²) in [6.07, 6.45) is 4.33. The fourth-order valence-corrected chi connectivity index (χ4v) is 3.25. The quantitative estimate of drug-likeness (QED) is 0.911. The molecule has 2 aromatic rings. The summed E-state index contributed by atoms with van der Waals surface area (Å²) in [6, 6.07) is 6.11. The third-order valence-electron chi connectivity index (χ3n) is 4.47. The van der Waals surface area contributed by atoms with Crippen LogP contribution in [0.2, 0.25) is 0 Å². The van der Waals surface area contributed by atoms with Crippen LogP contribution >= 0.6 is 0 Å². The van der Waals surface area contributed by atoms with E-state index < -0.39 is 0 Å². The van der Waals surface area contributed by atoms with E-state index in [4.69, 9.17) is 0 Å². The van der Waals surface area contributed by atoms with Crippen LogP contribution in [0.15, 0.2) is 29.2 Å². The number of hydrogen-bond donors (Lipinski definition) is 1. The average molecular weight is 300 g/mol. The molecule has 118 valence electrons. The highest BCUT2D eigenvalue weighted by Gasteiger charge is 2.22. The summed E-state index contributed by atoms with van der Waals surface area (Å²) in [5, 5.41) is 3.46. The maximum atomic E-state index is 12.1. The molecule has 1 atom stereocenters. The van der Waals surface area contributed by atoms with E-state index in [0.717, 1.165) is 30.0 Å². The number of nitrogens with zero attached hydrogens (tertiary/aromatic N) is 3. The third-order valence-corrected chi connectivity index (χ3v) is 4.47. The number of aromatic nitrogens is 2. The van der Waals surface area contributed by atoms with E-state index in [1.807, 2.05) is 19.1 Å². The first kappa shape index (κ1) is 15.2. The van der Waals surface area contributed by atoms with Crippen LogP contribution in [0.5, 0.6) is 0 Å². The van der Waals surface area contributed by atoms with Gasteiger partial charge >= 0.3 is 0 Å². The Bertz CT molecular complexity index is 709. The second-order valence-corrected chi connectivity index (χ2v) is 6.07. The number of hydrogen-bond acceptors (Lipinski definition) is 4. The molecule has 5 heteroatoms. The maximum Gasteiger partial charge on any atom is 0.258 e. The number of likely N-dealkylation sites (tertiary alicyclic amines) is 1. The van der Waals surface area contributed by atoms with Gasteiger partial charge in [-0.05, 0) is 50.6 Å². The van der Waals surface area contributed by atoms with Gasteiger partial charge in [0.2, 0.25) is 0 Å². The van der Waals surface area contributed by atoms with E-state index in [1.165, 1.54) is 19.4 Å². The Morgan fingerprint density at radius 3 is 3.09 bits per heavy atom. The minimum atomic E-state index is -0.0159. The molecule has 22 heavy (non-hydrogen) atoms. The number of rotatable bonds is 5. The first-order valence-corrected chi connectivity index (χ1v) is 8.11. The predicted molar refractivity (Wildman–Crippen MR) is 88.2 cm³/mol. The monoisotopic (exact) mass is 300 g/mol. The molecule has 0 aromatic carbocycles. The standard InChI is InChI=1S/C17H24N4O/c1-3-20-7-4-5-15(20)12-18-11-14-10-17(22)21-8-6-13(2)9-16(21)19-14/h6,8-10,15,18H,3-5,7,11-12H2,1-2H3/t15-/m0/s1. The Balaban J connectivity index is 1.68. The molecule has 0 saturated carbocycles.